The average Bonchev–Trinajstić information content (AvgIpc) is 3.01. The van der Waals surface area contributed by atoms with Crippen LogP contribution in [-0.4, -0.2) is 31.7 Å². The van der Waals surface area contributed by atoms with E-state index in [0.29, 0.717) is 6.54 Å². The van der Waals surface area contributed by atoms with Gasteiger partial charge in [0.05, 0.1) is 6.10 Å². The Morgan fingerprint density at radius 3 is 2.55 bits per heavy atom. The number of amides is 1. The van der Waals surface area contributed by atoms with Crippen molar-refractivity contribution in [3.05, 3.63) is 29.8 Å². The fourth-order valence-electron chi connectivity index (χ4n) is 2.67. The molecule has 1 fully saturated rings. The zero-order valence-electron chi connectivity index (χ0n) is 13.5. The van der Waals surface area contributed by atoms with Gasteiger partial charge in [0.15, 0.2) is 0 Å². The molecular weight excluding hydrogens is 300 g/mol. The molecule has 1 heterocycles. The number of anilines is 1. The van der Waals surface area contributed by atoms with Gasteiger partial charge in [-0.3, -0.25) is 4.79 Å². The number of carbonyl (C=O) groups is 1. The Balaban J connectivity index is 0.00000242. The largest absolute Gasteiger partial charge is 0.364 e. The predicted molar refractivity (Wildman–Crippen MR) is 92.7 cm³/mol. The lowest BCUT2D eigenvalue weighted by Crippen LogP contribution is -2.37. The van der Waals surface area contributed by atoms with E-state index < -0.39 is 0 Å². The van der Waals surface area contributed by atoms with Crippen molar-refractivity contribution in [1.29, 1.82) is 0 Å². The van der Waals surface area contributed by atoms with Crippen LogP contribution in [0.25, 0.3) is 0 Å². The summed E-state index contributed by atoms with van der Waals surface area (Å²) in [7, 11) is 1.81. The van der Waals surface area contributed by atoms with E-state index in [1.165, 1.54) is 18.4 Å². The number of halogens is 1. The minimum absolute atomic E-state index is 0. The molecule has 0 bridgehead atoms. The molecule has 22 heavy (non-hydrogen) atoms. The molecule has 2 atom stereocenters. The lowest BCUT2D eigenvalue weighted by Gasteiger charge is -2.21. The Morgan fingerprint density at radius 1 is 1.32 bits per heavy atom. The van der Waals surface area contributed by atoms with E-state index in [0.717, 1.165) is 24.9 Å². The first-order valence-corrected chi connectivity index (χ1v) is 7.87. The first-order chi connectivity index (χ1) is 10.2. The van der Waals surface area contributed by atoms with Gasteiger partial charge < -0.3 is 15.4 Å². The summed E-state index contributed by atoms with van der Waals surface area (Å²) in [5.74, 6) is 0.0206. The third kappa shape index (κ3) is 4.70. The smallest absolute Gasteiger partial charge is 0.255 e. The highest BCUT2D eigenvalue weighted by molar-refractivity contribution is 5.96. The van der Waals surface area contributed by atoms with E-state index >= 15 is 0 Å². The lowest BCUT2D eigenvalue weighted by molar-refractivity contribution is -0.128. The second-order valence-electron chi connectivity index (χ2n) is 5.73. The van der Waals surface area contributed by atoms with Crippen LogP contribution < -0.4 is 10.6 Å². The Morgan fingerprint density at radius 2 is 2.00 bits per heavy atom. The SMILES string of the molecule is CCCCc1ccc(N(C)C(=O)[C@@H]2CC[C@H](CN)O2)cc1.Cl. The number of nitrogens with zero attached hydrogens (tertiary/aromatic N) is 1. The van der Waals surface area contributed by atoms with Crippen molar-refractivity contribution < 1.29 is 9.53 Å². The molecule has 4 nitrogen and oxygen atoms in total. The number of rotatable bonds is 6. The summed E-state index contributed by atoms with van der Waals surface area (Å²) in [6, 6.07) is 8.23. The molecule has 0 aromatic heterocycles. The van der Waals surface area contributed by atoms with E-state index in [1.54, 1.807) is 4.90 Å². The highest BCUT2D eigenvalue weighted by atomic mass is 35.5. The minimum Gasteiger partial charge on any atom is -0.364 e. The molecule has 0 radical (unpaired) electrons. The van der Waals surface area contributed by atoms with Crippen LogP contribution in [0.4, 0.5) is 5.69 Å². The number of carbonyl (C=O) groups excluding carboxylic acids is 1. The van der Waals surface area contributed by atoms with E-state index in [2.05, 4.69) is 19.1 Å². The van der Waals surface area contributed by atoms with Gasteiger partial charge in [0.1, 0.15) is 6.10 Å². The first kappa shape index (κ1) is 18.9. The molecule has 2 rings (SSSR count). The van der Waals surface area contributed by atoms with Crippen molar-refractivity contribution in [3.8, 4) is 0 Å². The molecule has 1 saturated heterocycles. The zero-order chi connectivity index (χ0) is 15.2. The lowest BCUT2D eigenvalue weighted by atomic mass is 10.1. The van der Waals surface area contributed by atoms with Crippen molar-refractivity contribution in [2.45, 2.75) is 51.2 Å². The molecule has 0 spiro atoms. The summed E-state index contributed by atoms with van der Waals surface area (Å²) in [6.07, 6.45) is 4.81. The van der Waals surface area contributed by atoms with E-state index in [4.69, 9.17) is 10.5 Å². The minimum atomic E-state index is -0.344. The first-order valence-electron chi connectivity index (χ1n) is 7.87. The number of benzene rings is 1. The zero-order valence-corrected chi connectivity index (χ0v) is 14.3. The van der Waals surface area contributed by atoms with Gasteiger partial charge in [-0.25, -0.2) is 0 Å². The molecule has 1 aromatic carbocycles. The summed E-state index contributed by atoms with van der Waals surface area (Å²) in [5, 5.41) is 0. The van der Waals surface area contributed by atoms with Gasteiger partial charge in [0.25, 0.3) is 5.91 Å². The Labute approximate surface area is 139 Å². The maximum absolute atomic E-state index is 12.4. The van der Waals surface area contributed by atoms with Crippen molar-refractivity contribution in [3.63, 3.8) is 0 Å². The third-order valence-corrected chi connectivity index (χ3v) is 4.12. The predicted octanol–water partition coefficient (Wildman–Crippen LogP) is 2.92. The van der Waals surface area contributed by atoms with E-state index in [9.17, 15) is 4.79 Å². The fourth-order valence-corrected chi connectivity index (χ4v) is 2.67. The number of ether oxygens (including phenoxy) is 1. The quantitative estimate of drug-likeness (QED) is 0.874. The molecule has 1 aromatic rings. The summed E-state index contributed by atoms with van der Waals surface area (Å²) in [4.78, 5) is 14.1. The third-order valence-electron chi connectivity index (χ3n) is 4.12. The van der Waals surface area contributed by atoms with E-state index in [1.807, 2.05) is 19.2 Å². The van der Waals surface area contributed by atoms with Crippen LogP contribution >= 0.6 is 12.4 Å². The molecular formula is C17H27ClN2O2. The Hall–Kier alpha value is -1.10. The van der Waals surface area contributed by atoms with Crippen LogP contribution in [0.15, 0.2) is 24.3 Å². The second kappa shape index (κ2) is 9.13. The summed E-state index contributed by atoms with van der Waals surface area (Å²) in [5.41, 5.74) is 7.83. The molecule has 0 aliphatic carbocycles. The molecule has 124 valence electrons. The van der Waals surface area contributed by atoms with Gasteiger partial charge >= 0.3 is 0 Å². The monoisotopic (exact) mass is 326 g/mol. The maximum atomic E-state index is 12.4. The van der Waals surface area contributed by atoms with Gasteiger partial charge in [-0.2, -0.15) is 0 Å². The van der Waals surface area contributed by atoms with Crippen molar-refractivity contribution >= 4 is 24.0 Å². The molecule has 0 saturated carbocycles. The van der Waals surface area contributed by atoms with Crippen molar-refractivity contribution in [2.75, 3.05) is 18.5 Å². The molecule has 2 N–H and O–H groups in total. The fraction of sp³-hybridized carbons (Fsp3) is 0.588. The standard InChI is InChI=1S/C17H26N2O2.ClH/c1-3-4-5-13-6-8-14(9-7-13)19(2)17(20)16-11-10-15(12-18)21-16;/h6-9,15-16H,3-5,10-12,18H2,1-2H3;1H/t15-,16+;/m1./s1. The van der Waals surface area contributed by atoms with Gasteiger partial charge in [-0.15, -0.1) is 12.4 Å². The summed E-state index contributed by atoms with van der Waals surface area (Å²) in [6.45, 7) is 2.68. The van der Waals surface area contributed by atoms with Crippen LogP contribution in [-0.2, 0) is 16.0 Å². The molecule has 1 aliphatic heterocycles. The van der Waals surface area contributed by atoms with Crippen LogP contribution in [0.5, 0.6) is 0 Å². The van der Waals surface area contributed by atoms with Crippen molar-refractivity contribution in [2.24, 2.45) is 5.73 Å². The molecule has 0 unspecified atom stereocenters. The number of likely N-dealkylation sites (N-methyl/N-ethyl adjacent to an activating group) is 1. The van der Waals surface area contributed by atoms with Gasteiger partial charge in [0, 0.05) is 19.3 Å². The second-order valence-corrected chi connectivity index (χ2v) is 5.73. The van der Waals surface area contributed by atoms with Gasteiger partial charge in [-0.05, 0) is 43.4 Å². The van der Waals surface area contributed by atoms with Crippen LogP contribution in [0.3, 0.4) is 0 Å². The summed E-state index contributed by atoms with van der Waals surface area (Å²) < 4.78 is 5.68. The van der Waals surface area contributed by atoms with Crippen molar-refractivity contribution in [1.82, 2.24) is 0 Å². The topological polar surface area (TPSA) is 55.6 Å². The highest BCUT2D eigenvalue weighted by Gasteiger charge is 2.32. The maximum Gasteiger partial charge on any atom is 0.255 e. The number of unbranched alkanes of at least 4 members (excludes halogenated alkanes) is 1. The number of hydrogen-bond donors (Lipinski definition) is 1. The molecule has 1 amide bonds. The summed E-state index contributed by atoms with van der Waals surface area (Å²) >= 11 is 0. The van der Waals surface area contributed by atoms with Gasteiger partial charge in [-0.1, -0.05) is 25.5 Å². The Kier molecular flexibility index (Phi) is 7.87. The van der Waals surface area contributed by atoms with E-state index in [-0.39, 0.29) is 30.5 Å². The average molecular weight is 327 g/mol. The Bertz CT molecular complexity index is 464. The number of nitrogens with two attached hydrogens (primary N) is 1. The number of aryl methyl sites for hydroxylation is 1. The van der Waals surface area contributed by atoms with Gasteiger partial charge in [0.2, 0.25) is 0 Å². The van der Waals surface area contributed by atoms with Crippen LogP contribution in [0.2, 0.25) is 0 Å². The molecule has 5 heteroatoms. The molecule has 1 aliphatic rings. The van der Waals surface area contributed by atoms with Crippen LogP contribution in [0.1, 0.15) is 38.2 Å². The highest BCUT2D eigenvalue weighted by Crippen LogP contribution is 2.23. The normalized spacial score (nSPS) is 20.5. The number of hydrogen-bond acceptors (Lipinski definition) is 3. The van der Waals surface area contributed by atoms with Crippen LogP contribution in [0, 0.1) is 0 Å².